The van der Waals surface area contributed by atoms with Crippen molar-refractivity contribution in [2.24, 2.45) is 0 Å². The average Bonchev–Trinajstić information content (AvgIpc) is 2.63. The van der Waals surface area contributed by atoms with E-state index >= 15 is 0 Å². The van der Waals surface area contributed by atoms with Crippen molar-refractivity contribution < 1.29 is 8.91 Å². The molecule has 0 atom stereocenters. The Morgan fingerprint density at radius 1 is 1.35 bits per heavy atom. The van der Waals surface area contributed by atoms with Crippen LogP contribution in [0.5, 0.6) is 0 Å². The maximum atomic E-state index is 13.7. The molecule has 0 aliphatic carbocycles. The molecule has 0 aliphatic rings. The van der Waals surface area contributed by atoms with Crippen molar-refractivity contribution in [3.63, 3.8) is 0 Å². The third-order valence-electron chi connectivity index (χ3n) is 2.42. The van der Waals surface area contributed by atoms with Gasteiger partial charge in [-0.1, -0.05) is 29.4 Å². The molecule has 2 N–H and O–H groups in total. The second-order valence-corrected chi connectivity index (χ2v) is 4.67. The van der Waals surface area contributed by atoms with Crippen molar-refractivity contribution in [3.8, 4) is 11.3 Å². The second kappa shape index (κ2) is 4.20. The first-order chi connectivity index (χ1) is 7.96. The molecule has 17 heavy (non-hydrogen) atoms. The highest BCUT2D eigenvalue weighted by Gasteiger charge is 2.19. The third-order valence-corrected chi connectivity index (χ3v) is 2.42. The fourth-order valence-corrected chi connectivity index (χ4v) is 1.78. The lowest BCUT2D eigenvalue weighted by molar-refractivity contribution is 0.217. The van der Waals surface area contributed by atoms with E-state index in [-0.39, 0.29) is 0 Å². The Morgan fingerprint density at radius 2 is 2.06 bits per heavy atom. The Balaban J connectivity index is 2.41. The molecule has 0 spiro atoms. The Morgan fingerprint density at radius 3 is 2.65 bits per heavy atom. The number of aromatic nitrogens is 1. The normalized spacial score (nSPS) is 11.7. The molecule has 0 saturated carbocycles. The number of alkyl halides is 1. The second-order valence-electron chi connectivity index (χ2n) is 4.67. The molecule has 90 valence electrons. The minimum Gasteiger partial charge on any atom is -0.381 e. The lowest BCUT2D eigenvalue weighted by Gasteiger charge is -2.15. The van der Waals surface area contributed by atoms with Crippen LogP contribution in [0.3, 0.4) is 0 Å². The van der Waals surface area contributed by atoms with Crippen molar-refractivity contribution in [1.29, 1.82) is 0 Å². The van der Waals surface area contributed by atoms with Crippen LogP contribution >= 0.6 is 0 Å². The van der Waals surface area contributed by atoms with Crippen molar-refractivity contribution in [2.75, 3.05) is 5.73 Å². The molecule has 0 bridgehead atoms. The minimum atomic E-state index is -1.26. The van der Waals surface area contributed by atoms with Crippen LogP contribution in [0.4, 0.5) is 10.2 Å². The molecule has 0 radical (unpaired) electrons. The number of anilines is 1. The fraction of sp³-hybridized carbons (Fsp3) is 0.308. The molecule has 2 rings (SSSR count). The van der Waals surface area contributed by atoms with Gasteiger partial charge in [-0.05, 0) is 19.4 Å². The van der Waals surface area contributed by atoms with Gasteiger partial charge in [0.1, 0.15) is 5.67 Å². The number of nitrogens with two attached hydrogens (primary N) is 1. The molecule has 0 amide bonds. The summed E-state index contributed by atoms with van der Waals surface area (Å²) >= 11 is 0. The van der Waals surface area contributed by atoms with Crippen LogP contribution in [-0.4, -0.2) is 10.8 Å². The number of benzene rings is 1. The summed E-state index contributed by atoms with van der Waals surface area (Å²) in [5.74, 6) is 0.900. The number of nitrogens with zero attached hydrogens (tertiary/aromatic N) is 1. The zero-order valence-electron chi connectivity index (χ0n) is 9.90. The molecule has 4 heteroatoms. The number of halogens is 1. The van der Waals surface area contributed by atoms with Crippen molar-refractivity contribution in [3.05, 3.63) is 35.9 Å². The lowest BCUT2D eigenvalue weighted by atomic mass is 9.95. The van der Waals surface area contributed by atoms with Gasteiger partial charge in [-0.25, -0.2) is 4.39 Å². The van der Waals surface area contributed by atoms with E-state index in [4.69, 9.17) is 10.3 Å². The van der Waals surface area contributed by atoms with Gasteiger partial charge < -0.3 is 10.3 Å². The zero-order chi connectivity index (χ0) is 12.5. The molecular weight excluding hydrogens is 219 g/mol. The standard InChI is InChI=1S/C13H15FN2O/c1-13(2,14)8-9-5-3-4-6-10(9)11-7-12(15)16-17-11/h3-7H,8H2,1-2H3,(H2,15,16). The molecule has 0 saturated heterocycles. The van der Waals surface area contributed by atoms with E-state index in [1.807, 2.05) is 24.3 Å². The number of hydrogen-bond acceptors (Lipinski definition) is 3. The van der Waals surface area contributed by atoms with Crippen molar-refractivity contribution in [1.82, 2.24) is 5.16 Å². The molecular formula is C13H15FN2O. The smallest absolute Gasteiger partial charge is 0.169 e. The highest BCUT2D eigenvalue weighted by Crippen LogP contribution is 2.28. The van der Waals surface area contributed by atoms with Crippen LogP contribution in [-0.2, 0) is 6.42 Å². The van der Waals surface area contributed by atoms with E-state index in [1.165, 1.54) is 0 Å². The maximum Gasteiger partial charge on any atom is 0.169 e. The summed E-state index contributed by atoms with van der Waals surface area (Å²) in [5.41, 5.74) is 5.97. The number of rotatable bonds is 3. The maximum absolute atomic E-state index is 13.7. The van der Waals surface area contributed by atoms with Gasteiger partial charge in [0.25, 0.3) is 0 Å². The van der Waals surface area contributed by atoms with Gasteiger partial charge in [0.2, 0.25) is 0 Å². The van der Waals surface area contributed by atoms with E-state index < -0.39 is 5.67 Å². The highest BCUT2D eigenvalue weighted by molar-refractivity contribution is 5.64. The predicted octanol–water partition coefficient (Wildman–Crippen LogP) is 3.21. The summed E-state index contributed by atoms with van der Waals surface area (Å²) in [7, 11) is 0. The van der Waals surface area contributed by atoms with Crippen molar-refractivity contribution >= 4 is 5.82 Å². The Bertz CT molecular complexity index is 514. The Hall–Kier alpha value is -1.84. The first-order valence-corrected chi connectivity index (χ1v) is 5.45. The summed E-state index contributed by atoms with van der Waals surface area (Å²) in [6.45, 7) is 3.11. The van der Waals surface area contributed by atoms with Gasteiger partial charge in [-0.3, -0.25) is 0 Å². The van der Waals surface area contributed by atoms with E-state index in [1.54, 1.807) is 19.9 Å². The summed E-state index contributed by atoms with van der Waals surface area (Å²) < 4.78 is 18.8. The largest absolute Gasteiger partial charge is 0.381 e. The monoisotopic (exact) mass is 234 g/mol. The quantitative estimate of drug-likeness (QED) is 0.887. The fourth-order valence-electron chi connectivity index (χ4n) is 1.78. The Labute approximate surface area is 99.4 Å². The van der Waals surface area contributed by atoms with E-state index in [9.17, 15) is 4.39 Å². The van der Waals surface area contributed by atoms with Crippen LogP contribution < -0.4 is 5.73 Å². The molecule has 3 nitrogen and oxygen atoms in total. The van der Waals surface area contributed by atoms with Gasteiger partial charge in [-0.15, -0.1) is 0 Å². The summed E-state index contributed by atoms with van der Waals surface area (Å²) in [6, 6.07) is 9.16. The predicted molar refractivity (Wildman–Crippen MR) is 65.2 cm³/mol. The summed E-state index contributed by atoms with van der Waals surface area (Å²) in [6.07, 6.45) is 0.323. The third kappa shape index (κ3) is 2.84. The van der Waals surface area contributed by atoms with Gasteiger partial charge in [0.15, 0.2) is 11.6 Å². The average molecular weight is 234 g/mol. The number of nitrogen functional groups attached to an aromatic ring is 1. The SMILES string of the molecule is CC(C)(F)Cc1ccccc1-c1cc(N)no1. The van der Waals surface area contributed by atoms with Gasteiger partial charge >= 0.3 is 0 Å². The first-order valence-electron chi connectivity index (χ1n) is 5.45. The van der Waals surface area contributed by atoms with E-state index in [2.05, 4.69) is 5.16 Å². The first kappa shape index (κ1) is 11.6. The topological polar surface area (TPSA) is 52.0 Å². The van der Waals surface area contributed by atoms with Gasteiger partial charge in [0, 0.05) is 18.1 Å². The molecule has 0 fully saturated rings. The molecule has 1 heterocycles. The lowest BCUT2D eigenvalue weighted by Crippen LogP contribution is -2.16. The van der Waals surface area contributed by atoms with Crippen LogP contribution in [0.15, 0.2) is 34.9 Å². The molecule has 0 aliphatic heterocycles. The molecule has 2 aromatic rings. The van der Waals surface area contributed by atoms with Crippen LogP contribution in [0, 0.1) is 0 Å². The highest BCUT2D eigenvalue weighted by atomic mass is 19.1. The molecule has 0 unspecified atom stereocenters. The van der Waals surface area contributed by atoms with E-state index in [0.717, 1.165) is 11.1 Å². The van der Waals surface area contributed by atoms with Crippen LogP contribution in [0.1, 0.15) is 19.4 Å². The van der Waals surface area contributed by atoms with Gasteiger partial charge in [-0.2, -0.15) is 0 Å². The molecule has 1 aromatic heterocycles. The van der Waals surface area contributed by atoms with Crippen molar-refractivity contribution in [2.45, 2.75) is 25.9 Å². The summed E-state index contributed by atoms with van der Waals surface area (Å²) in [4.78, 5) is 0. The summed E-state index contributed by atoms with van der Waals surface area (Å²) in [5, 5.41) is 3.64. The van der Waals surface area contributed by atoms with Gasteiger partial charge in [0.05, 0.1) is 0 Å². The van der Waals surface area contributed by atoms with E-state index in [0.29, 0.717) is 18.0 Å². The Kier molecular flexibility index (Phi) is 2.88. The minimum absolute atomic E-state index is 0.323. The molecule has 1 aromatic carbocycles. The number of hydrogen-bond donors (Lipinski definition) is 1. The van der Waals surface area contributed by atoms with Crippen LogP contribution in [0.2, 0.25) is 0 Å². The zero-order valence-corrected chi connectivity index (χ0v) is 9.90. The van der Waals surface area contributed by atoms with Crippen LogP contribution in [0.25, 0.3) is 11.3 Å².